The average molecular weight is 201 g/mol. The molecule has 78 valence electrons. The maximum Gasteiger partial charge on any atom is 0.219 e. The van der Waals surface area contributed by atoms with Gasteiger partial charge in [0.2, 0.25) is 9.04 Å². The molecule has 0 rings (SSSR count). The molecule has 0 amide bonds. The fourth-order valence-corrected chi connectivity index (χ4v) is 3.67. The second-order valence-electron chi connectivity index (χ2n) is 4.14. The average Bonchev–Trinajstić information content (AvgIpc) is 2.03. The van der Waals surface area contributed by atoms with Crippen molar-refractivity contribution in [2.45, 2.75) is 52.6 Å². The maximum absolute atomic E-state index is 5.74. The Hall–Kier alpha value is -0.283. The Labute approximate surface area is 84.1 Å². The van der Waals surface area contributed by atoms with E-state index in [2.05, 4.69) is 33.2 Å². The van der Waals surface area contributed by atoms with Crippen molar-refractivity contribution in [2.75, 3.05) is 0 Å². The Morgan fingerprint density at radius 3 is 2.00 bits per heavy atom. The van der Waals surface area contributed by atoms with Gasteiger partial charge in [-0.25, -0.2) is 0 Å². The molecule has 0 aromatic heterocycles. The van der Waals surface area contributed by atoms with Crippen LogP contribution in [-0.4, -0.2) is 9.04 Å². The minimum atomic E-state index is -1.10. The standard InChI is InChI=1S/C10H23NOSi/c1-7-10(6)11-12-13(8(2)3)9(4)5/h7-9,11,13H,1-6H3. The lowest BCUT2D eigenvalue weighted by Gasteiger charge is -2.23. The number of hydrogen-bond acceptors (Lipinski definition) is 2. The number of hydrogen-bond donors (Lipinski definition) is 1. The van der Waals surface area contributed by atoms with Crippen LogP contribution < -0.4 is 5.48 Å². The molecule has 0 aliphatic heterocycles. The third-order valence-electron chi connectivity index (χ3n) is 2.10. The number of nitrogens with one attached hydrogen (secondary N) is 1. The predicted octanol–water partition coefficient (Wildman–Crippen LogP) is 2.98. The molecule has 0 fully saturated rings. The second-order valence-corrected chi connectivity index (χ2v) is 7.98. The SMILES string of the molecule is CC=C(C)NO[SiH](C(C)C)C(C)C. The summed E-state index contributed by atoms with van der Waals surface area (Å²) in [6.07, 6.45) is 2.02. The van der Waals surface area contributed by atoms with Crippen LogP contribution in [0.2, 0.25) is 11.1 Å². The molecule has 0 heterocycles. The van der Waals surface area contributed by atoms with Crippen molar-refractivity contribution in [2.24, 2.45) is 0 Å². The molecule has 13 heavy (non-hydrogen) atoms. The lowest BCUT2D eigenvalue weighted by atomic mass is 10.5. The van der Waals surface area contributed by atoms with Gasteiger partial charge in [0.1, 0.15) is 0 Å². The summed E-state index contributed by atoms with van der Waals surface area (Å²) in [5, 5.41) is 0. The molecule has 0 aliphatic rings. The van der Waals surface area contributed by atoms with Crippen LogP contribution in [0.1, 0.15) is 41.5 Å². The normalized spacial score (nSPS) is 13.2. The monoisotopic (exact) mass is 201 g/mol. The van der Waals surface area contributed by atoms with Gasteiger partial charge in [-0.3, -0.25) is 5.48 Å². The van der Waals surface area contributed by atoms with Gasteiger partial charge in [0.05, 0.1) is 0 Å². The van der Waals surface area contributed by atoms with Gasteiger partial charge < -0.3 is 4.53 Å². The summed E-state index contributed by atoms with van der Waals surface area (Å²) >= 11 is 0. The highest BCUT2D eigenvalue weighted by molar-refractivity contribution is 6.54. The summed E-state index contributed by atoms with van der Waals surface area (Å²) in [6, 6.07) is 0. The van der Waals surface area contributed by atoms with Crippen LogP contribution in [-0.2, 0) is 4.53 Å². The summed E-state index contributed by atoms with van der Waals surface area (Å²) in [4.78, 5) is 0. The smallest absolute Gasteiger partial charge is 0.219 e. The Morgan fingerprint density at radius 2 is 1.69 bits per heavy atom. The van der Waals surface area contributed by atoms with Gasteiger partial charge in [-0.1, -0.05) is 33.8 Å². The molecular weight excluding hydrogens is 178 g/mol. The fourth-order valence-electron chi connectivity index (χ4n) is 1.26. The van der Waals surface area contributed by atoms with Gasteiger partial charge >= 0.3 is 0 Å². The Kier molecular flexibility index (Phi) is 6.08. The third kappa shape index (κ3) is 5.11. The van der Waals surface area contributed by atoms with Crippen LogP contribution in [0.25, 0.3) is 0 Å². The largest absolute Gasteiger partial charge is 0.326 e. The molecular formula is C10H23NOSi. The molecule has 0 radical (unpaired) electrons. The van der Waals surface area contributed by atoms with Crippen molar-refractivity contribution in [3.63, 3.8) is 0 Å². The third-order valence-corrected chi connectivity index (χ3v) is 5.12. The number of hydroxylamine groups is 1. The molecule has 0 saturated heterocycles. The van der Waals surface area contributed by atoms with Crippen molar-refractivity contribution in [1.82, 2.24) is 5.48 Å². The zero-order valence-electron chi connectivity index (χ0n) is 9.72. The molecule has 0 atom stereocenters. The molecule has 0 aromatic rings. The van der Waals surface area contributed by atoms with Crippen molar-refractivity contribution in [3.8, 4) is 0 Å². The molecule has 2 nitrogen and oxygen atoms in total. The van der Waals surface area contributed by atoms with Gasteiger partial charge in [-0.05, 0) is 24.9 Å². The number of allylic oxidation sites excluding steroid dienone is 2. The van der Waals surface area contributed by atoms with Gasteiger partial charge in [0, 0.05) is 5.70 Å². The van der Waals surface area contributed by atoms with E-state index in [1.54, 1.807) is 0 Å². The van der Waals surface area contributed by atoms with E-state index >= 15 is 0 Å². The van der Waals surface area contributed by atoms with E-state index in [4.69, 9.17) is 4.53 Å². The minimum absolute atomic E-state index is 0.678. The summed E-state index contributed by atoms with van der Waals surface area (Å²) < 4.78 is 5.74. The Bertz CT molecular complexity index is 158. The molecule has 0 spiro atoms. The first kappa shape index (κ1) is 12.7. The first-order valence-corrected chi connectivity index (χ1v) is 6.84. The lowest BCUT2D eigenvalue weighted by molar-refractivity contribution is 0.220. The van der Waals surface area contributed by atoms with Crippen molar-refractivity contribution >= 4 is 9.04 Å². The molecule has 0 saturated carbocycles. The maximum atomic E-state index is 5.74. The second kappa shape index (κ2) is 6.21. The molecule has 0 aliphatic carbocycles. The highest BCUT2D eigenvalue weighted by Crippen LogP contribution is 2.19. The quantitative estimate of drug-likeness (QED) is 0.545. The summed E-state index contributed by atoms with van der Waals surface area (Å²) in [7, 11) is -1.10. The van der Waals surface area contributed by atoms with Crippen LogP contribution >= 0.6 is 0 Å². The zero-order chi connectivity index (χ0) is 10.4. The van der Waals surface area contributed by atoms with E-state index in [9.17, 15) is 0 Å². The minimum Gasteiger partial charge on any atom is -0.326 e. The Balaban J connectivity index is 3.97. The predicted molar refractivity (Wildman–Crippen MR) is 61.0 cm³/mol. The first-order chi connectivity index (χ1) is 5.99. The van der Waals surface area contributed by atoms with Crippen LogP contribution in [0.5, 0.6) is 0 Å². The van der Waals surface area contributed by atoms with Crippen LogP contribution in [0.15, 0.2) is 11.8 Å². The fraction of sp³-hybridized carbons (Fsp3) is 0.800. The van der Waals surface area contributed by atoms with E-state index in [1.165, 1.54) is 0 Å². The van der Waals surface area contributed by atoms with Crippen molar-refractivity contribution < 1.29 is 4.53 Å². The molecule has 1 N–H and O–H groups in total. The number of rotatable bonds is 5. The molecule has 0 bridgehead atoms. The zero-order valence-corrected chi connectivity index (χ0v) is 10.9. The van der Waals surface area contributed by atoms with Gasteiger partial charge in [0.15, 0.2) is 0 Å². The first-order valence-electron chi connectivity index (χ1n) is 5.03. The summed E-state index contributed by atoms with van der Waals surface area (Å²) in [6.45, 7) is 13.0. The van der Waals surface area contributed by atoms with Crippen LogP contribution in [0.4, 0.5) is 0 Å². The topological polar surface area (TPSA) is 21.3 Å². The lowest BCUT2D eigenvalue weighted by Crippen LogP contribution is -2.31. The van der Waals surface area contributed by atoms with Crippen LogP contribution in [0, 0.1) is 0 Å². The van der Waals surface area contributed by atoms with E-state index < -0.39 is 9.04 Å². The molecule has 3 heteroatoms. The van der Waals surface area contributed by atoms with Gasteiger partial charge in [-0.15, -0.1) is 0 Å². The van der Waals surface area contributed by atoms with E-state index in [0.717, 1.165) is 5.70 Å². The van der Waals surface area contributed by atoms with Crippen molar-refractivity contribution in [3.05, 3.63) is 11.8 Å². The Morgan fingerprint density at radius 1 is 1.23 bits per heavy atom. The molecule has 0 unspecified atom stereocenters. The van der Waals surface area contributed by atoms with E-state index in [1.807, 2.05) is 19.9 Å². The van der Waals surface area contributed by atoms with Gasteiger partial charge in [0.25, 0.3) is 0 Å². The van der Waals surface area contributed by atoms with E-state index in [0.29, 0.717) is 11.1 Å². The highest BCUT2D eigenvalue weighted by Gasteiger charge is 2.21. The molecule has 0 aromatic carbocycles. The van der Waals surface area contributed by atoms with Crippen molar-refractivity contribution in [1.29, 1.82) is 0 Å². The van der Waals surface area contributed by atoms with Crippen LogP contribution in [0.3, 0.4) is 0 Å². The summed E-state index contributed by atoms with van der Waals surface area (Å²) in [5.74, 6) is 0. The highest BCUT2D eigenvalue weighted by atomic mass is 28.3. The van der Waals surface area contributed by atoms with E-state index in [-0.39, 0.29) is 0 Å². The summed E-state index contributed by atoms with van der Waals surface area (Å²) in [5.41, 5.74) is 5.47. The van der Waals surface area contributed by atoms with Gasteiger partial charge in [-0.2, -0.15) is 0 Å².